The van der Waals surface area contributed by atoms with Crippen molar-refractivity contribution in [3.8, 4) is 0 Å². The van der Waals surface area contributed by atoms with Crippen molar-refractivity contribution >= 4 is 23.3 Å². The summed E-state index contributed by atoms with van der Waals surface area (Å²) in [5, 5.41) is 13.0. The smallest absolute Gasteiger partial charge is 0.410 e. The summed E-state index contributed by atoms with van der Waals surface area (Å²) in [7, 11) is 3.93. The summed E-state index contributed by atoms with van der Waals surface area (Å²) < 4.78 is 5.57. The zero-order chi connectivity index (χ0) is 30.8. The van der Waals surface area contributed by atoms with Gasteiger partial charge in [-0.15, -0.1) is 0 Å². The second-order valence-electron chi connectivity index (χ2n) is 12.5. The van der Waals surface area contributed by atoms with E-state index in [1.165, 1.54) is 0 Å². The van der Waals surface area contributed by atoms with Gasteiger partial charge >= 0.3 is 6.09 Å². The van der Waals surface area contributed by atoms with E-state index in [2.05, 4.69) is 16.4 Å². The highest BCUT2D eigenvalue weighted by Crippen LogP contribution is 2.46. The molecule has 1 amide bonds. The van der Waals surface area contributed by atoms with Crippen LogP contribution in [0.3, 0.4) is 0 Å². The van der Waals surface area contributed by atoms with Gasteiger partial charge in [0.05, 0.1) is 0 Å². The molecular weight excluding hydrogens is 538 g/mol. The number of ether oxygens (including phenoxy) is 1. The molecule has 0 bridgehead atoms. The predicted octanol–water partition coefficient (Wildman–Crippen LogP) is 5.69. The fourth-order valence-corrected chi connectivity index (χ4v) is 5.74. The molecule has 3 aromatic rings. The Bertz CT molecular complexity index is 1700. The van der Waals surface area contributed by atoms with Crippen LogP contribution in [0, 0.1) is 0 Å². The molecule has 0 saturated heterocycles. The molecule has 0 saturated carbocycles. The number of nitrogens with one attached hydrogen (secondary N) is 1. The lowest BCUT2D eigenvalue weighted by Crippen LogP contribution is -2.43. The Morgan fingerprint density at radius 3 is 2.56 bits per heavy atom. The SMILES string of the molecule is CN(C)CCC(O)(C1=C=C=Cc2ccccc21)C(c1ccccc1)c1cc(C2=CCN(C(=O)OC(C)(C)C)C2)c[nH]c1=O. The molecule has 1 aliphatic carbocycles. The zero-order valence-electron chi connectivity index (χ0n) is 25.5. The van der Waals surface area contributed by atoms with E-state index in [9.17, 15) is 14.7 Å². The summed E-state index contributed by atoms with van der Waals surface area (Å²) in [5.41, 5.74) is 9.29. The van der Waals surface area contributed by atoms with Crippen LogP contribution in [0.5, 0.6) is 0 Å². The molecule has 0 radical (unpaired) electrons. The summed E-state index contributed by atoms with van der Waals surface area (Å²) in [4.78, 5) is 33.0. The van der Waals surface area contributed by atoms with Crippen LogP contribution in [-0.2, 0) is 4.74 Å². The first-order valence-corrected chi connectivity index (χ1v) is 14.6. The summed E-state index contributed by atoms with van der Waals surface area (Å²) >= 11 is 0. The Kier molecular flexibility index (Phi) is 8.45. The number of nitrogens with zero attached hydrogens (tertiary/aromatic N) is 2. The second kappa shape index (κ2) is 12.1. The molecule has 2 heterocycles. The standard InChI is InChI=1S/C36H39N3O4/c1-35(2,3)43-34(41)39-20-18-27(24-39)28-22-30(33(40)37-23-28)32(26-13-7-6-8-14-26)36(42,19-21-38(4)5)31-17-11-15-25-12-9-10-16-29(25)31/h6-10,12-16,18,22-23,32,42H,19-21,24H2,1-5H3,(H,37,40). The van der Waals surface area contributed by atoms with Gasteiger partial charge in [-0.05, 0) is 81.3 Å². The molecule has 222 valence electrons. The summed E-state index contributed by atoms with van der Waals surface area (Å²) in [6, 6.07) is 19.4. The van der Waals surface area contributed by atoms with Gasteiger partial charge in [0, 0.05) is 42.9 Å². The van der Waals surface area contributed by atoms with Gasteiger partial charge < -0.3 is 24.6 Å². The van der Waals surface area contributed by atoms with E-state index in [1.54, 1.807) is 11.1 Å². The first-order chi connectivity index (χ1) is 20.5. The number of H-pyrrole nitrogens is 1. The Morgan fingerprint density at radius 2 is 1.84 bits per heavy atom. The van der Waals surface area contributed by atoms with Crippen molar-refractivity contribution in [1.82, 2.24) is 14.8 Å². The van der Waals surface area contributed by atoms with Crippen molar-refractivity contribution in [2.45, 2.75) is 44.3 Å². The minimum Gasteiger partial charge on any atom is -0.444 e. The molecule has 7 nitrogen and oxygen atoms in total. The highest BCUT2D eigenvalue weighted by molar-refractivity contribution is 5.82. The van der Waals surface area contributed by atoms with Gasteiger partial charge in [-0.25, -0.2) is 4.79 Å². The van der Waals surface area contributed by atoms with Crippen LogP contribution in [0.4, 0.5) is 4.79 Å². The number of aliphatic hydroxyl groups is 1. The number of aromatic amines is 1. The summed E-state index contributed by atoms with van der Waals surface area (Å²) in [6.07, 6.45) is 5.47. The molecule has 2 unspecified atom stereocenters. The third-order valence-electron chi connectivity index (χ3n) is 7.82. The second-order valence-corrected chi connectivity index (χ2v) is 12.5. The lowest BCUT2D eigenvalue weighted by atomic mass is 9.69. The van der Waals surface area contributed by atoms with Gasteiger partial charge in [0.2, 0.25) is 0 Å². The molecule has 5 rings (SSSR count). The van der Waals surface area contributed by atoms with E-state index in [1.807, 2.05) is 113 Å². The molecule has 2 aromatic carbocycles. The summed E-state index contributed by atoms with van der Waals surface area (Å²) in [6.45, 7) is 6.87. The summed E-state index contributed by atoms with van der Waals surface area (Å²) in [5.74, 6) is -0.725. The Balaban J connectivity index is 1.63. The van der Waals surface area contributed by atoms with E-state index in [4.69, 9.17) is 4.74 Å². The molecule has 0 spiro atoms. The van der Waals surface area contributed by atoms with Crippen molar-refractivity contribution in [1.29, 1.82) is 0 Å². The molecule has 2 aliphatic rings. The van der Waals surface area contributed by atoms with Crippen LogP contribution < -0.4 is 5.56 Å². The van der Waals surface area contributed by atoms with Crippen molar-refractivity contribution in [2.75, 3.05) is 33.7 Å². The molecule has 7 heteroatoms. The van der Waals surface area contributed by atoms with Gasteiger partial charge in [0.15, 0.2) is 0 Å². The van der Waals surface area contributed by atoms with Gasteiger partial charge in [0.1, 0.15) is 11.2 Å². The topological polar surface area (TPSA) is 85.9 Å². The van der Waals surface area contributed by atoms with E-state index >= 15 is 0 Å². The minimum absolute atomic E-state index is 0.285. The van der Waals surface area contributed by atoms with Crippen LogP contribution in [0.2, 0.25) is 0 Å². The molecule has 43 heavy (non-hydrogen) atoms. The quantitative estimate of drug-likeness (QED) is 0.336. The van der Waals surface area contributed by atoms with Crippen LogP contribution in [0.1, 0.15) is 60.9 Å². The highest BCUT2D eigenvalue weighted by atomic mass is 16.6. The average molecular weight is 578 g/mol. The van der Waals surface area contributed by atoms with E-state index in [0.29, 0.717) is 37.2 Å². The molecule has 2 atom stereocenters. The van der Waals surface area contributed by atoms with E-state index in [0.717, 1.165) is 27.8 Å². The zero-order valence-corrected chi connectivity index (χ0v) is 25.5. The van der Waals surface area contributed by atoms with Crippen molar-refractivity contribution < 1.29 is 14.6 Å². The number of benzene rings is 2. The highest BCUT2D eigenvalue weighted by Gasteiger charge is 2.45. The minimum atomic E-state index is -1.51. The third-order valence-corrected chi connectivity index (χ3v) is 7.82. The first-order valence-electron chi connectivity index (χ1n) is 14.6. The number of fused-ring (bicyclic) bond motifs is 1. The monoisotopic (exact) mass is 577 g/mol. The Morgan fingerprint density at radius 1 is 1.12 bits per heavy atom. The lowest BCUT2D eigenvalue weighted by molar-refractivity contribution is 0.0306. The van der Waals surface area contributed by atoms with Crippen molar-refractivity contribution in [3.05, 3.63) is 123 Å². The number of amides is 1. The molecular formula is C36H39N3O4. The number of rotatable bonds is 8. The maximum atomic E-state index is 13.7. The Labute approximate surface area is 253 Å². The van der Waals surface area contributed by atoms with Crippen LogP contribution in [-0.4, -0.2) is 70.9 Å². The fourth-order valence-electron chi connectivity index (χ4n) is 5.74. The van der Waals surface area contributed by atoms with E-state index < -0.39 is 17.1 Å². The number of hydrogen-bond acceptors (Lipinski definition) is 5. The molecule has 0 fully saturated rings. The van der Waals surface area contributed by atoms with Crippen molar-refractivity contribution in [2.24, 2.45) is 0 Å². The fraction of sp³-hybridized carbons (Fsp3) is 0.333. The van der Waals surface area contributed by atoms with Gasteiger partial charge in [-0.3, -0.25) is 4.79 Å². The normalized spacial score (nSPS) is 16.4. The molecule has 1 aliphatic heterocycles. The van der Waals surface area contributed by atoms with E-state index in [-0.39, 0.29) is 11.7 Å². The maximum absolute atomic E-state index is 13.7. The average Bonchev–Trinajstić information content (AvgIpc) is 3.47. The number of carbonyl (C=O) groups excluding carboxylic acids is 1. The number of aromatic nitrogens is 1. The van der Waals surface area contributed by atoms with Crippen molar-refractivity contribution in [3.63, 3.8) is 0 Å². The number of hydrogen-bond donors (Lipinski definition) is 2. The number of carbonyl (C=O) groups is 1. The van der Waals surface area contributed by atoms with Gasteiger partial charge in [-0.2, -0.15) is 0 Å². The van der Waals surface area contributed by atoms with Crippen LogP contribution in [0.15, 0.2) is 89.2 Å². The molecule has 2 N–H and O–H groups in total. The largest absolute Gasteiger partial charge is 0.444 e. The third kappa shape index (κ3) is 6.51. The van der Waals surface area contributed by atoms with Gasteiger partial charge in [0.25, 0.3) is 5.56 Å². The number of pyridine rings is 1. The van der Waals surface area contributed by atoms with Gasteiger partial charge in [-0.1, -0.05) is 72.1 Å². The van der Waals surface area contributed by atoms with Crippen LogP contribution in [0.25, 0.3) is 17.2 Å². The Hall–Kier alpha value is -4.38. The molecule has 1 aromatic heterocycles. The lowest BCUT2D eigenvalue weighted by Gasteiger charge is -2.39. The predicted molar refractivity (Wildman–Crippen MR) is 171 cm³/mol. The maximum Gasteiger partial charge on any atom is 0.410 e. The first kappa shape index (κ1) is 30.1. The van der Waals surface area contributed by atoms with Crippen LogP contribution >= 0.6 is 0 Å².